The van der Waals surface area contributed by atoms with Gasteiger partial charge in [0.2, 0.25) is 5.29 Å². The van der Waals surface area contributed by atoms with Crippen molar-refractivity contribution in [3.05, 3.63) is 66.0 Å². The van der Waals surface area contributed by atoms with Gasteiger partial charge in [-0.25, -0.2) is 4.99 Å². The average Bonchev–Trinajstić information content (AvgIpc) is 2.41. The van der Waals surface area contributed by atoms with Crippen LogP contribution in [-0.4, -0.2) is 16.7 Å². The average molecular weight is 243 g/mol. The molecule has 17 heavy (non-hydrogen) atoms. The van der Waals surface area contributed by atoms with Crippen molar-refractivity contribution in [3.8, 4) is 0 Å². The number of hydrogen-bond acceptors (Lipinski definition) is 2. The molecule has 1 aromatic rings. The van der Waals surface area contributed by atoms with E-state index < -0.39 is 0 Å². The summed E-state index contributed by atoms with van der Waals surface area (Å²) in [4.78, 5) is 6.25. The zero-order valence-electron chi connectivity index (χ0n) is 9.18. The summed E-state index contributed by atoms with van der Waals surface area (Å²) < 4.78 is 0. The van der Waals surface area contributed by atoms with E-state index in [-0.39, 0.29) is 0 Å². The summed E-state index contributed by atoms with van der Waals surface area (Å²) in [7, 11) is 0. The highest BCUT2D eigenvalue weighted by atomic mass is 35.5. The van der Waals surface area contributed by atoms with Gasteiger partial charge in [0.25, 0.3) is 0 Å². The fourth-order valence-electron chi connectivity index (χ4n) is 2.02. The number of hydrogen-bond donors (Lipinski definition) is 0. The van der Waals surface area contributed by atoms with Crippen LogP contribution in [0, 0.1) is 0 Å². The molecule has 0 atom stereocenters. The summed E-state index contributed by atoms with van der Waals surface area (Å²) in [6, 6.07) is 10.2. The van der Waals surface area contributed by atoms with Gasteiger partial charge in [0.15, 0.2) is 0 Å². The molecule has 2 heterocycles. The Balaban J connectivity index is 2.10. The Hall–Kier alpha value is -1.80. The van der Waals surface area contributed by atoms with Crippen molar-refractivity contribution in [2.75, 3.05) is 6.54 Å². The second-order valence-electron chi connectivity index (χ2n) is 3.90. The zero-order chi connectivity index (χ0) is 11.7. The molecule has 2 aliphatic heterocycles. The normalized spacial score (nSPS) is 18.2. The van der Waals surface area contributed by atoms with Crippen LogP contribution in [0.2, 0.25) is 0 Å². The van der Waals surface area contributed by atoms with Gasteiger partial charge in [0, 0.05) is 18.3 Å². The molecular formula is C14H11ClN2. The maximum absolute atomic E-state index is 6.10. The number of rotatable bonds is 1. The first kappa shape index (κ1) is 10.4. The van der Waals surface area contributed by atoms with Crippen LogP contribution in [0.5, 0.6) is 0 Å². The lowest BCUT2D eigenvalue weighted by molar-refractivity contribution is 0.591. The lowest BCUT2D eigenvalue weighted by Gasteiger charge is -2.30. The standard InChI is InChI=1S/C14H11ClN2/c15-14-16-10-12(11-6-2-1-3-7-11)13-8-4-5-9-17(13)14/h1-8,10H,9H2. The van der Waals surface area contributed by atoms with Crippen LogP contribution >= 0.6 is 11.6 Å². The fraction of sp³-hybridized carbons (Fsp3) is 0.0714. The van der Waals surface area contributed by atoms with Crippen molar-refractivity contribution >= 4 is 22.5 Å². The molecule has 0 spiro atoms. The summed E-state index contributed by atoms with van der Waals surface area (Å²) >= 11 is 6.10. The minimum Gasteiger partial charge on any atom is -0.312 e. The van der Waals surface area contributed by atoms with Crippen LogP contribution in [0.25, 0.3) is 5.57 Å². The summed E-state index contributed by atoms with van der Waals surface area (Å²) in [5.74, 6) is 0. The van der Waals surface area contributed by atoms with Gasteiger partial charge in [-0.1, -0.05) is 42.5 Å². The van der Waals surface area contributed by atoms with Crippen LogP contribution in [0.1, 0.15) is 5.56 Å². The number of benzene rings is 1. The predicted molar refractivity (Wildman–Crippen MR) is 71.6 cm³/mol. The van der Waals surface area contributed by atoms with Crippen molar-refractivity contribution in [1.82, 2.24) is 4.90 Å². The molecule has 0 unspecified atom stereocenters. The molecule has 3 heteroatoms. The molecule has 0 bridgehead atoms. The lowest BCUT2D eigenvalue weighted by atomic mass is 10.0. The monoisotopic (exact) mass is 242 g/mol. The molecule has 84 valence electrons. The molecule has 2 aliphatic rings. The fourth-order valence-corrected chi connectivity index (χ4v) is 2.23. The lowest BCUT2D eigenvalue weighted by Crippen LogP contribution is -2.30. The van der Waals surface area contributed by atoms with E-state index in [1.54, 1.807) is 0 Å². The first-order chi connectivity index (χ1) is 8.36. The van der Waals surface area contributed by atoms with Gasteiger partial charge < -0.3 is 4.90 Å². The van der Waals surface area contributed by atoms with Crippen molar-refractivity contribution in [2.24, 2.45) is 4.99 Å². The molecule has 0 fully saturated rings. The quantitative estimate of drug-likeness (QED) is 0.690. The molecule has 1 aromatic carbocycles. The van der Waals surface area contributed by atoms with E-state index in [0.29, 0.717) is 5.29 Å². The zero-order valence-corrected chi connectivity index (χ0v) is 9.93. The Morgan fingerprint density at radius 2 is 2.00 bits per heavy atom. The van der Waals surface area contributed by atoms with Crippen molar-refractivity contribution < 1.29 is 0 Å². The molecule has 0 radical (unpaired) electrons. The Bertz CT molecular complexity index is 553. The van der Waals surface area contributed by atoms with E-state index in [0.717, 1.165) is 23.4 Å². The highest BCUT2D eigenvalue weighted by Crippen LogP contribution is 2.31. The number of nitrogens with zero attached hydrogens (tertiary/aromatic N) is 2. The van der Waals surface area contributed by atoms with E-state index in [2.05, 4.69) is 35.4 Å². The van der Waals surface area contributed by atoms with E-state index >= 15 is 0 Å². The number of aliphatic imine (C=N–C) groups is 1. The van der Waals surface area contributed by atoms with Gasteiger partial charge in [-0.05, 0) is 23.2 Å². The Morgan fingerprint density at radius 1 is 1.18 bits per heavy atom. The van der Waals surface area contributed by atoms with E-state index in [4.69, 9.17) is 11.6 Å². The van der Waals surface area contributed by atoms with Gasteiger partial charge in [0.1, 0.15) is 0 Å². The minimum absolute atomic E-state index is 0.528. The largest absolute Gasteiger partial charge is 0.312 e. The van der Waals surface area contributed by atoms with Gasteiger partial charge in [0.05, 0.1) is 5.70 Å². The van der Waals surface area contributed by atoms with Gasteiger partial charge >= 0.3 is 0 Å². The highest BCUT2D eigenvalue weighted by molar-refractivity contribution is 6.65. The third-order valence-electron chi connectivity index (χ3n) is 2.85. The molecule has 0 N–H and O–H groups in total. The minimum atomic E-state index is 0.528. The second kappa shape index (κ2) is 4.22. The van der Waals surface area contributed by atoms with Gasteiger partial charge in [-0.15, -0.1) is 0 Å². The van der Waals surface area contributed by atoms with Crippen LogP contribution in [0.3, 0.4) is 0 Å². The van der Waals surface area contributed by atoms with Gasteiger partial charge in [-0.2, -0.15) is 0 Å². The Morgan fingerprint density at radius 3 is 2.82 bits per heavy atom. The third kappa shape index (κ3) is 1.81. The molecule has 0 saturated carbocycles. The molecule has 0 amide bonds. The van der Waals surface area contributed by atoms with Crippen LogP contribution < -0.4 is 0 Å². The molecule has 0 aliphatic carbocycles. The summed E-state index contributed by atoms with van der Waals surface area (Å²) in [5.41, 5.74) is 3.38. The predicted octanol–water partition coefficient (Wildman–Crippen LogP) is 3.39. The Labute approximate surface area is 105 Å². The first-order valence-corrected chi connectivity index (χ1v) is 5.88. The summed E-state index contributed by atoms with van der Waals surface area (Å²) in [6.07, 6.45) is 8.02. The van der Waals surface area contributed by atoms with E-state index in [9.17, 15) is 0 Å². The van der Waals surface area contributed by atoms with Crippen molar-refractivity contribution in [2.45, 2.75) is 0 Å². The van der Waals surface area contributed by atoms with Crippen molar-refractivity contribution in [3.63, 3.8) is 0 Å². The maximum atomic E-state index is 6.10. The number of amidine groups is 1. The van der Waals surface area contributed by atoms with Crippen LogP contribution in [0.4, 0.5) is 0 Å². The summed E-state index contributed by atoms with van der Waals surface area (Å²) in [6.45, 7) is 0.776. The van der Waals surface area contributed by atoms with Crippen molar-refractivity contribution in [1.29, 1.82) is 0 Å². The SMILES string of the molecule is ClC1=NC=C(c2ccccc2)C2=CC=CCN21. The van der Waals surface area contributed by atoms with E-state index in [1.165, 1.54) is 0 Å². The number of halogens is 1. The van der Waals surface area contributed by atoms with Crippen LogP contribution in [-0.2, 0) is 0 Å². The van der Waals surface area contributed by atoms with Gasteiger partial charge in [-0.3, -0.25) is 0 Å². The topological polar surface area (TPSA) is 15.6 Å². The molecule has 3 rings (SSSR count). The van der Waals surface area contributed by atoms with E-state index in [1.807, 2.05) is 29.3 Å². The molecule has 0 saturated heterocycles. The molecular weight excluding hydrogens is 232 g/mol. The third-order valence-corrected chi connectivity index (χ3v) is 3.15. The Kier molecular flexibility index (Phi) is 2.57. The van der Waals surface area contributed by atoms with Crippen LogP contribution in [0.15, 0.2) is 65.4 Å². The first-order valence-electron chi connectivity index (χ1n) is 5.50. The molecule has 2 nitrogen and oxygen atoms in total. The number of allylic oxidation sites excluding steroid dienone is 3. The second-order valence-corrected chi connectivity index (χ2v) is 4.24. The smallest absolute Gasteiger partial charge is 0.203 e. The number of fused-ring (bicyclic) bond motifs is 1. The highest BCUT2D eigenvalue weighted by Gasteiger charge is 2.22. The summed E-state index contributed by atoms with van der Waals surface area (Å²) in [5, 5.41) is 0.528. The molecule has 0 aromatic heterocycles. The maximum Gasteiger partial charge on any atom is 0.203 e.